The van der Waals surface area contributed by atoms with Crippen LogP contribution in [0.3, 0.4) is 0 Å². The first-order valence-electron chi connectivity index (χ1n) is 14.6. The molecule has 15 heteroatoms. The van der Waals surface area contributed by atoms with E-state index in [2.05, 4.69) is 25.4 Å². The van der Waals surface area contributed by atoms with Crippen LogP contribution in [0.5, 0.6) is 5.75 Å². The quantitative estimate of drug-likeness (QED) is 0.286. The molecule has 0 spiro atoms. The number of benzene rings is 2. The van der Waals surface area contributed by atoms with Gasteiger partial charge < -0.3 is 15.3 Å². The standard InChI is InChI=1S/C30H26F2N8O4S/c31-22-5-2-6-24(41)25(22)26-23(32)12-21-28(38-13-17-9-10-18(14-38)34-17)36-30(42)40(29(21)35-26)19-3-1-4-20(11-19)45(43,44)39-15-33-27(37-39)16-7-8-16/h1-6,11-12,15-18,34,41H,7-10,13-14H2. The number of aromatic hydroxyl groups is 1. The van der Waals surface area contributed by atoms with Gasteiger partial charge in [0.1, 0.15) is 29.4 Å². The summed E-state index contributed by atoms with van der Waals surface area (Å²) >= 11 is 0. The van der Waals surface area contributed by atoms with E-state index in [0.717, 1.165) is 52.8 Å². The number of phenolic OH excluding ortho intramolecular Hbond substituents is 1. The fraction of sp³-hybridized carbons (Fsp3) is 0.300. The molecule has 2 saturated heterocycles. The molecule has 2 aromatic carbocycles. The molecular weight excluding hydrogens is 606 g/mol. The van der Waals surface area contributed by atoms with Crippen molar-refractivity contribution < 1.29 is 22.3 Å². The minimum Gasteiger partial charge on any atom is -0.507 e. The first-order valence-corrected chi connectivity index (χ1v) is 16.0. The van der Waals surface area contributed by atoms with Crippen LogP contribution in [0, 0.1) is 11.6 Å². The number of piperazine rings is 1. The lowest BCUT2D eigenvalue weighted by Gasteiger charge is -2.34. The highest BCUT2D eigenvalue weighted by Gasteiger charge is 2.35. The van der Waals surface area contributed by atoms with E-state index < -0.39 is 44.4 Å². The van der Waals surface area contributed by atoms with E-state index >= 15 is 4.39 Å². The van der Waals surface area contributed by atoms with Crippen LogP contribution in [-0.2, 0) is 10.0 Å². The monoisotopic (exact) mass is 632 g/mol. The summed E-state index contributed by atoms with van der Waals surface area (Å²) < 4.78 is 59.6. The Labute approximate surface area is 255 Å². The Morgan fingerprint density at radius 2 is 1.69 bits per heavy atom. The van der Waals surface area contributed by atoms with Crippen LogP contribution in [0.1, 0.15) is 37.4 Å². The Bertz CT molecular complexity index is 2150. The van der Waals surface area contributed by atoms with E-state index in [1.807, 2.05) is 4.90 Å². The molecule has 8 rings (SSSR count). The highest BCUT2D eigenvalue weighted by Crippen LogP contribution is 2.38. The van der Waals surface area contributed by atoms with Crippen molar-refractivity contribution in [3.05, 3.63) is 82.8 Å². The van der Waals surface area contributed by atoms with Gasteiger partial charge in [-0.3, -0.25) is 0 Å². The van der Waals surface area contributed by atoms with Crippen molar-refractivity contribution in [3.63, 3.8) is 0 Å². The Balaban J connectivity index is 1.33. The molecule has 0 amide bonds. The predicted molar refractivity (Wildman–Crippen MR) is 159 cm³/mol. The van der Waals surface area contributed by atoms with Crippen LogP contribution >= 0.6 is 0 Å². The molecule has 2 bridgehead atoms. The van der Waals surface area contributed by atoms with E-state index in [1.54, 1.807) is 0 Å². The fourth-order valence-electron chi connectivity index (χ4n) is 6.27. The molecular formula is C30H26F2N8O4S. The van der Waals surface area contributed by atoms with Gasteiger partial charge in [-0.2, -0.15) is 13.4 Å². The summed E-state index contributed by atoms with van der Waals surface area (Å²) in [4.78, 5) is 28.5. The molecule has 230 valence electrons. The molecule has 5 heterocycles. The average molecular weight is 633 g/mol. The number of fused-ring (bicyclic) bond motifs is 3. The molecule has 2 unspecified atom stereocenters. The van der Waals surface area contributed by atoms with Crippen LogP contribution in [0.4, 0.5) is 14.6 Å². The summed E-state index contributed by atoms with van der Waals surface area (Å²) in [6.07, 6.45) is 4.84. The van der Waals surface area contributed by atoms with E-state index in [9.17, 15) is 22.7 Å². The normalized spacial score (nSPS) is 19.8. The van der Waals surface area contributed by atoms with Crippen LogP contribution in [0.25, 0.3) is 28.0 Å². The Kier molecular flexibility index (Phi) is 6.25. The van der Waals surface area contributed by atoms with Gasteiger partial charge in [0.15, 0.2) is 17.3 Å². The van der Waals surface area contributed by atoms with Gasteiger partial charge in [-0.15, -0.1) is 9.19 Å². The number of halogens is 2. The lowest BCUT2D eigenvalue weighted by Crippen LogP contribution is -2.52. The summed E-state index contributed by atoms with van der Waals surface area (Å²) in [5.41, 5.74) is -1.78. The van der Waals surface area contributed by atoms with Crippen molar-refractivity contribution in [2.24, 2.45) is 0 Å². The van der Waals surface area contributed by atoms with Crippen molar-refractivity contribution in [1.82, 2.24) is 34.0 Å². The first-order chi connectivity index (χ1) is 21.7. The number of nitrogens with one attached hydrogen (secondary N) is 1. The second kappa shape index (κ2) is 10.1. The minimum absolute atomic E-state index is 0.0795. The molecule has 1 saturated carbocycles. The summed E-state index contributed by atoms with van der Waals surface area (Å²) in [7, 11) is -4.19. The molecule has 45 heavy (non-hydrogen) atoms. The third-order valence-electron chi connectivity index (χ3n) is 8.60. The predicted octanol–water partition coefficient (Wildman–Crippen LogP) is 3.08. The van der Waals surface area contributed by atoms with E-state index in [1.165, 1.54) is 36.4 Å². The number of nitrogens with zero attached hydrogens (tertiary/aromatic N) is 7. The molecule has 5 aromatic rings. The SMILES string of the molecule is O=c1nc(N2CC3CCC(C2)N3)c2cc(F)c(-c3c(O)cccc3F)nc2n1-c1cccc(S(=O)(=O)n2cnc(C3CC3)n2)c1. The average Bonchev–Trinajstić information content (AvgIpc) is 3.64. The van der Waals surface area contributed by atoms with Crippen molar-refractivity contribution in [2.45, 2.75) is 48.6 Å². The van der Waals surface area contributed by atoms with Gasteiger partial charge in [0.25, 0.3) is 10.0 Å². The first kappa shape index (κ1) is 27.8. The Morgan fingerprint density at radius 3 is 2.42 bits per heavy atom. The van der Waals surface area contributed by atoms with Gasteiger partial charge in [-0.1, -0.05) is 12.1 Å². The molecule has 2 aliphatic heterocycles. The van der Waals surface area contributed by atoms with Crippen LogP contribution < -0.4 is 15.9 Å². The molecule has 3 fully saturated rings. The number of phenols is 1. The second-order valence-electron chi connectivity index (χ2n) is 11.7. The summed E-state index contributed by atoms with van der Waals surface area (Å²) in [5, 5.41) is 18.3. The highest BCUT2D eigenvalue weighted by atomic mass is 32.2. The molecule has 2 atom stereocenters. The lowest BCUT2D eigenvalue weighted by atomic mass is 10.1. The summed E-state index contributed by atoms with van der Waals surface area (Å²) in [6, 6.07) is 10.6. The van der Waals surface area contributed by atoms with Crippen molar-refractivity contribution in [1.29, 1.82) is 0 Å². The molecule has 12 nitrogen and oxygen atoms in total. The number of hydrogen-bond donors (Lipinski definition) is 2. The maximum absolute atomic E-state index is 15.8. The number of hydrogen-bond acceptors (Lipinski definition) is 10. The van der Waals surface area contributed by atoms with E-state index in [4.69, 9.17) is 0 Å². The molecule has 0 radical (unpaired) electrons. The topological polar surface area (TPSA) is 148 Å². The summed E-state index contributed by atoms with van der Waals surface area (Å²) in [6.45, 7) is 1.07. The number of aromatic nitrogens is 6. The maximum atomic E-state index is 15.8. The fourth-order valence-corrected chi connectivity index (χ4v) is 7.37. The molecule has 2 N–H and O–H groups in total. The van der Waals surface area contributed by atoms with Gasteiger partial charge in [0.05, 0.1) is 21.5 Å². The van der Waals surface area contributed by atoms with Gasteiger partial charge in [-0.05, 0) is 62.1 Å². The second-order valence-corrected chi connectivity index (χ2v) is 13.5. The van der Waals surface area contributed by atoms with Crippen LogP contribution in [0.2, 0.25) is 0 Å². The number of pyridine rings is 1. The van der Waals surface area contributed by atoms with Crippen molar-refractivity contribution in [2.75, 3.05) is 18.0 Å². The molecule has 3 aromatic heterocycles. The summed E-state index contributed by atoms with van der Waals surface area (Å²) in [5.74, 6) is -1.55. The number of rotatable bonds is 6. The third-order valence-corrected chi connectivity index (χ3v) is 10.1. The highest BCUT2D eigenvalue weighted by molar-refractivity contribution is 7.89. The Hall–Kier alpha value is -4.76. The van der Waals surface area contributed by atoms with Gasteiger partial charge in [-0.25, -0.2) is 28.1 Å². The zero-order chi connectivity index (χ0) is 31.0. The Morgan fingerprint density at radius 1 is 0.933 bits per heavy atom. The van der Waals surface area contributed by atoms with Crippen LogP contribution in [-0.4, -0.2) is 67.4 Å². The molecule has 1 aliphatic carbocycles. The van der Waals surface area contributed by atoms with E-state index in [-0.39, 0.29) is 45.4 Å². The zero-order valence-electron chi connectivity index (χ0n) is 23.6. The zero-order valence-corrected chi connectivity index (χ0v) is 24.5. The minimum atomic E-state index is -4.19. The van der Waals surface area contributed by atoms with Crippen molar-refractivity contribution >= 4 is 26.9 Å². The van der Waals surface area contributed by atoms with Gasteiger partial charge >= 0.3 is 5.69 Å². The third kappa shape index (κ3) is 4.64. The number of anilines is 1. The van der Waals surface area contributed by atoms with Crippen LogP contribution in [0.15, 0.2) is 64.5 Å². The smallest absolute Gasteiger partial charge is 0.355 e. The lowest BCUT2D eigenvalue weighted by molar-refractivity contribution is 0.463. The largest absolute Gasteiger partial charge is 0.507 e. The van der Waals surface area contributed by atoms with E-state index in [0.29, 0.717) is 18.9 Å². The van der Waals surface area contributed by atoms with Gasteiger partial charge in [0.2, 0.25) is 0 Å². The van der Waals surface area contributed by atoms with Gasteiger partial charge in [0, 0.05) is 31.1 Å². The maximum Gasteiger partial charge on any atom is 0.355 e. The molecule has 3 aliphatic rings. The van der Waals surface area contributed by atoms with Crippen molar-refractivity contribution in [3.8, 4) is 22.7 Å².